The van der Waals surface area contributed by atoms with E-state index < -0.39 is 0 Å². The van der Waals surface area contributed by atoms with Crippen LogP contribution in [0.4, 0.5) is 5.69 Å². The van der Waals surface area contributed by atoms with E-state index in [4.69, 9.17) is 16.3 Å². The molecule has 0 aromatic heterocycles. The van der Waals surface area contributed by atoms with Crippen molar-refractivity contribution >= 4 is 17.3 Å². The van der Waals surface area contributed by atoms with Crippen molar-refractivity contribution in [2.45, 2.75) is 19.5 Å². The molecule has 1 heterocycles. The monoisotopic (exact) mass is 254 g/mol. The first kappa shape index (κ1) is 12.7. The fraction of sp³-hybridized carbons (Fsp3) is 0.538. The van der Waals surface area contributed by atoms with Crippen LogP contribution in [-0.2, 0) is 11.3 Å². The van der Waals surface area contributed by atoms with Crippen LogP contribution in [0.5, 0.6) is 0 Å². The molecule has 17 heavy (non-hydrogen) atoms. The van der Waals surface area contributed by atoms with E-state index in [9.17, 15) is 0 Å². The van der Waals surface area contributed by atoms with Gasteiger partial charge < -0.3 is 15.0 Å². The second-order valence-corrected chi connectivity index (χ2v) is 4.86. The molecule has 0 bridgehead atoms. The first-order valence-corrected chi connectivity index (χ1v) is 6.37. The highest BCUT2D eigenvalue weighted by molar-refractivity contribution is 6.30. The van der Waals surface area contributed by atoms with E-state index in [2.05, 4.69) is 29.3 Å². The lowest BCUT2D eigenvalue weighted by atomic mass is 10.1. The molecule has 1 aromatic rings. The van der Waals surface area contributed by atoms with Crippen LogP contribution in [0.25, 0.3) is 0 Å². The highest BCUT2D eigenvalue weighted by atomic mass is 35.5. The van der Waals surface area contributed by atoms with Crippen LogP contribution >= 0.6 is 11.6 Å². The molecule has 0 saturated carbocycles. The fourth-order valence-corrected chi connectivity index (χ4v) is 2.40. The lowest BCUT2D eigenvalue weighted by Gasteiger charge is -2.36. The topological polar surface area (TPSA) is 24.5 Å². The average Bonchev–Trinajstić information content (AvgIpc) is 2.32. The van der Waals surface area contributed by atoms with Gasteiger partial charge in [-0.25, -0.2) is 0 Å². The Balaban J connectivity index is 2.30. The zero-order valence-electron chi connectivity index (χ0n) is 10.4. The largest absolute Gasteiger partial charge is 0.377 e. The highest BCUT2D eigenvalue weighted by Crippen LogP contribution is 2.27. The number of hydrogen-bond donors (Lipinski definition) is 1. The van der Waals surface area contributed by atoms with E-state index in [1.54, 1.807) is 0 Å². The first-order valence-electron chi connectivity index (χ1n) is 6.00. The van der Waals surface area contributed by atoms with Crippen molar-refractivity contribution in [1.29, 1.82) is 0 Å². The van der Waals surface area contributed by atoms with Crippen molar-refractivity contribution < 1.29 is 4.74 Å². The molecule has 1 atom stereocenters. The lowest BCUT2D eigenvalue weighted by molar-refractivity contribution is 0.0988. The van der Waals surface area contributed by atoms with Gasteiger partial charge in [0.05, 0.1) is 13.2 Å². The van der Waals surface area contributed by atoms with Gasteiger partial charge in [0.2, 0.25) is 0 Å². The van der Waals surface area contributed by atoms with E-state index in [-0.39, 0.29) is 0 Å². The van der Waals surface area contributed by atoms with E-state index in [1.165, 1.54) is 11.3 Å². The van der Waals surface area contributed by atoms with Crippen LogP contribution in [0.2, 0.25) is 5.02 Å². The first-order chi connectivity index (χ1) is 8.22. The Morgan fingerprint density at radius 2 is 2.35 bits per heavy atom. The molecule has 1 aliphatic rings. The second-order valence-electron chi connectivity index (χ2n) is 4.42. The van der Waals surface area contributed by atoms with Crippen molar-refractivity contribution in [1.82, 2.24) is 5.32 Å². The molecule has 1 aliphatic heterocycles. The number of hydrogen-bond acceptors (Lipinski definition) is 3. The molecule has 0 aliphatic carbocycles. The molecule has 94 valence electrons. The second kappa shape index (κ2) is 5.71. The summed E-state index contributed by atoms with van der Waals surface area (Å²) in [6.45, 7) is 5.54. The van der Waals surface area contributed by atoms with E-state index in [0.717, 1.165) is 31.3 Å². The van der Waals surface area contributed by atoms with Gasteiger partial charge in [-0.15, -0.1) is 0 Å². The maximum Gasteiger partial charge on any atom is 0.0668 e. The smallest absolute Gasteiger partial charge is 0.0668 e. The number of nitrogens with zero attached hydrogens (tertiary/aromatic N) is 1. The average molecular weight is 255 g/mol. The summed E-state index contributed by atoms with van der Waals surface area (Å²) in [4.78, 5) is 2.38. The number of halogens is 1. The van der Waals surface area contributed by atoms with Gasteiger partial charge in [-0.1, -0.05) is 17.7 Å². The Kier molecular flexibility index (Phi) is 4.26. The molecule has 1 fully saturated rings. The zero-order valence-corrected chi connectivity index (χ0v) is 11.1. The van der Waals surface area contributed by atoms with Crippen molar-refractivity contribution in [3.63, 3.8) is 0 Å². The summed E-state index contributed by atoms with van der Waals surface area (Å²) in [6.07, 6.45) is 0. The zero-order chi connectivity index (χ0) is 12.3. The number of morpholine rings is 1. The molecular weight excluding hydrogens is 236 g/mol. The van der Waals surface area contributed by atoms with Crippen molar-refractivity contribution in [2.75, 3.05) is 31.7 Å². The number of ether oxygens (including phenoxy) is 1. The van der Waals surface area contributed by atoms with Crippen molar-refractivity contribution in [3.05, 3.63) is 28.8 Å². The summed E-state index contributed by atoms with van der Waals surface area (Å²) in [5.74, 6) is 0. The third kappa shape index (κ3) is 2.92. The van der Waals surface area contributed by atoms with Crippen LogP contribution in [0.3, 0.4) is 0 Å². The Hall–Kier alpha value is -0.770. The molecule has 0 radical (unpaired) electrons. The summed E-state index contributed by atoms with van der Waals surface area (Å²) in [5, 5.41) is 3.99. The Morgan fingerprint density at radius 3 is 3.06 bits per heavy atom. The quantitative estimate of drug-likeness (QED) is 0.896. The van der Waals surface area contributed by atoms with E-state index >= 15 is 0 Å². The third-order valence-electron chi connectivity index (χ3n) is 3.09. The molecular formula is C13H19ClN2O. The summed E-state index contributed by atoms with van der Waals surface area (Å²) in [5.41, 5.74) is 2.51. The standard InChI is InChI=1S/C13H19ClN2O/c1-10-9-17-6-5-16(10)13-7-12(14)4-3-11(13)8-15-2/h3-4,7,10,15H,5-6,8-9H2,1-2H3. The minimum absolute atomic E-state index is 0.401. The molecule has 3 nitrogen and oxygen atoms in total. The lowest BCUT2D eigenvalue weighted by Crippen LogP contribution is -2.44. The maximum atomic E-state index is 6.11. The molecule has 1 saturated heterocycles. The van der Waals surface area contributed by atoms with Gasteiger partial charge >= 0.3 is 0 Å². The number of benzene rings is 1. The van der Waals surface area contributed by atoms with Gasteiger partial charge in [0.25, 0.3) is 0 Å². The van der Waals surface area contributed by atoms with Crippen molar-refractivity contribution in [3.8, 4) is 0 Å². The molecule has 2 rings (SSSR count). The van der Waals surface area contributed by atoms with Gasteiger partial charge in [0.1, 0.15) is 0 Å². The fourth-order valence-electron chi connectivity index (χ4n) is 2.23. The van der Waals surface area contributed by atoms with Crippen LogP contribution in [-0.4, -0.2) is 32.8 Å². The van der Waals surface area contributed by atoms with Gasteiger partial charge in [-0.2, -0.15) is 0 Å². The van der Waals surface area contributed by atoms with Crippen LogP contribution < -0.4 is 10.2 Å². The van der Waals surface area contributed by atoms with Gasteiger partial charge in [-0.3, -0.25) is 0 Å². The minimum atomic E-state index is 0.401. The van der Waals surface area contributed by atoms with Gasteiger partial charge in [0, 0.05) is 29.8 Å². The SMILES string of the molecule is CNCc1ccc(Cl)cc1N1CCOCC1C. The summed E-state index contributed by atoms with van der Waals surface area (Å²) in [6, 6.07) is 6.49. The summed E-state index contributed by atoms with van der Waals surface area (Å²) in [7, 11) is 1.96. The molecule has 1 aromatic carbocycles. The molecule has 4 heteroatoms. The Labute approximate surface area is 108 Å². The van der Waals surface area contributed by atoms with Crippen LogP contribution in [0.1, 0.15) is 12.5 Å². The van der Waals surface area contributed by atoms with E-state index in [1.807, 2.05) is 13.1 Å². The minimum Gasteiger partial charge on any atom is -0.377 e. The Morgan fingerprint density at radius 1 is 1.53 bits per heavy atom. The predicted molar refractivity (Wildman–Crippen MR) is 71.8 cm³/mol. The highest BCUT2D eigenvalue weighted by Gasteiger charge is 2.21. The maximum absolute atomic E-state index is 6.11. The Bertz CT molecular complexity index is 384. The normalized spacial score (nSPS) is 20.6. The molecule has 1 unspecified atom stereocenters. The predicted octanol–water partition coefficient (Wildman–Crippen LogP) is 2.28. The van der Waals surface area contributed by atoms with Crippen molar-refractivity contribution in [2.24, 2.45) is 0 Å². The summed E-state index contributed by atoms with van der Waals surface area (Å²) < 4.78 is 5.47. The van der Waals surface area contributed by atoms with Crippen LogP contribution in [0, 0.1) is 0 Å². The van der Waals surface area contributed by atoms with Crippen LogP contribution in [0.15, 0.2) is 18.2 Å². The van der Waals surface area contributed by atoms with E-state index in [0.29, 0.717) is 6.04 Å². The summed E-state index contributed by atoms with van der Waals surface area (Å²) >= 11 is 6.11. The third-order valence-corrected chi connectivity index (χ3v) is 3.33. The molecule has 0 amide bonds. The molecule has 1 N–H and O–H groups in total. The number of anilines is 1. The van der Waals surface area contributed by atoms with Gasteiger partial charge in [0.15, 0.2) is 0 Å². The van der Waals surface area contributed by atoms with Gasteiger partial charge in [-0.05, 0) is 31.7 Å². The number of rotatable bonds is 3. The number of nitrogens with one attached hydrogen (secondary N) is 1. The molecule has 0 spiro atoms.